The van der Waals surface area contributed by atoms with Gasteiger partial charge in [0, 0.05) is 18.1 Å². The van der Waals surface area contributed by atoms with Gasteiger partial charge in [0.15, 0.2) is 0 Å². The van der Waals surface area contributed by atoms with Gasteiger partial charge in [0.2, 0.25) is 15.9 Å². The van der Waals surface area contributed by atoms with Crippen molar-refractivity contribution in [2.24, 2.45) is 5.92 Å². The maximum atomic E-state index is 12.4. The fourth-order valence-corrected chi connectivity index (χ4v) is 3.55. The minimum absolute atomic E-state index is 0.0304. The van der Waals surface area contributed by atoms with Gasteiger partial charge >= 0.3 is 0 Å². The topological polar surface area (TPSA) is 66.5 Å². The lowest BCUT2D eigenvalue weighted by Crippen LogP contribution is -2.41. The van der Waals surface area contributed by atoms with Gasteiger partial charge in [-0.1, -0.05) is 38.3 Å². The van der Waals surface area contributed by atoms with Crippen molar-refractivity contribution in [3.05, 3.63) is 29.3 Å². The number of carbonyl (C=O) groups excluding carboxylic acids is 1. The molecule has 0 fully saturated rings. The monoisotopic (exact) mass is 374 g/mol. The van der Waals surface area contributed by atoms with Crippen molar-refractivity contribution in [2.45, 2.75) is 51.0 Å². The Morgan fingerprint density at radius 1 is 1.17 bits per heavy atom. The van der Waals surface area contributed by atoms with Crippen LogP contribution in [0.5, 0.6) is 0 Å². The van der Waals surface area contributed by atoms with E-state index < -0.39 is 10.0 Å². The Morgan fingerprint density at radius 2 is 1.75 bits per heavy atom. The Balaban J connectivity index is 2.55. The standard InChI is InChI=1S/C17H27ClN2O3S/c1-13(2)6-5-7-14(3)19-17(21)12-20(4)24(22,23)16-10-8-15(18)9-11-16/h8-11,13-14H,5-7,12H2,1-4H3,(H,19,21). The molecule has 0 bridgehead atoms. The molecule has 1 atom stereocenters. The van der Waals surface area contributed by atoms with Crippen LogP contribution in [0.2, 0.25) is 5.02 Å². The molecule has 0 aliphatic carbocycles. The number of rotatable bonds is 9. The summed E-state index contributed by atoms with van der Waals surface area (Å²) in [5.74, 6) is 0.343. The van der Waals surface area contributed by atoms with Gasteiger partial charge < -0.3 is 5.32 Å². The third-order valence-electron chi connectivity index (χ3n) is 3.71. The molecule has 7 heteroatoms. The summed E-state index contributed by atoms with van der Waals surface area (Å²) in [7, 11) is -2.31. The van der Waals surface area contributed by atoms with E-state index in [1.807, 2.05) is 6.92 Å². The summed E-state index contributed by atoms with van der Waals surface area (Å²) in [6.07, 6.45) is 3.04. The number of likely N-dealkylation sites (N-methyl/N-ethyl adjacent to an activating group) is 1. The third-order valence-corrected chi connectivity index (χ3v) is 5.78. The highest BCUT2D eigenvalue weighted by Gasteiger charge is 2.23. The molecule has 1 rings (SSSR count). The van der Waals surface area contributed by atoms with Crippen LogP contribution in [0.1, 0.15) is 40.0 Å². The van der Waals surface area contributed by atoms with Crippen LogP contribution < -0.4 is 5.32 Å². The van der Waals surface area contributed by atoms with E-state index in [4.69, 9.17) is 11.6 Å². The molecule has 0 saturated heterocycles. The number of amides is 1. The maximum Gasteiger partial charge on any atom is 0.243 e. The van der Waals surface area contributed by atoms with E-state index in [0.717, 1.165) is 23.6 Å². The van der Waals surface area contributed by atoms with Crippen molar-refractivity contribution in [1.29, 1.82) is 0 Å². The molecule has 1 N–H and O–H groups in total. The zero-order valence-electron chi connectivity index (χ0n) is 14.8. The highest BCUT2D eigenvalue weighted by atomic mass is 35.5. The van der Waals surface area contributed by atoms with Crippen LogP contribution in [0.3, 0.4) is 0 Å². The molecule has 0 aliphatic heterocycles. The number of carbonyl (C=O) groups is 1. The van der Waals surface area contributed by atoms with Crippen molar-refractivity contribution in [1.82, 2.24) is 9.62 Å². The molecule has 1 unspecified atom stereocenters. The minimum Gasteiger partial charge on any atom is -0.353 e. The molecule has 24 heavy (non-hydrogen) atoms. The predicted octanol–water partition coefficient (Wildman–Crippen LogP) is 3.29. The van der Waals surface area contributed by atoms with E-state index in [-0.39, 0.29) is 23.4 Å². The molecule has 0 radical (unpaired) electrons. The molecular weight excluding hydrogens is 348 g/mol. The predicted molar refractivity (Wildman–Crippen MR) is 97.6 cm³/mol. The summed E-state index contributed by atoms with van der Waals surface area (Å²) in [6.45, 7) is 6.06. The number of sulfonamides is 1. The first-order valence-corrected chi connectivity index (χ1v) is 9.96. The second kappa shape index (κ2) is 9.39. The van der Waals surface area contributed by atoms with Crippen LogP contribution >= 0.6 is 11.6 Å². The van der Waals surface area contributed by atoms with E-state index in [1.165, 1.54) is 31.3 Å². The summed E-state index contributed by atoms with van der Waals surface area (Å²) < 4.78 is 25.9. The average molecular weight is 375 g/mol. The molecule has 0 saturated carbocycles. The largest absolute Gasteiger partial charge is 0.353 e. The van der Waals surface area contributed by atoms with Crippen LogP contribution in [-0.2, 0) is 14.8 Å². The van der Waals surface area contributed by atoms with Crippen LogP contribution in [0.15, 0.2) is 29.2 Å². The van der Waals surface area contributed by atoms with Crippen molar-refractivity contribution in [2.75, 3.05) is 13.6 Å². The lowest BCUT2D eigenvalue weighted by Gasteiger charge is -2.19. The van der Waals surface area contributed by atoms with E-state index in [2.05, 4.69) is 19.2 Å². The lowest BCUT2D eigenvalue weighted by atomic mass is 10.0. The minimum atomic E-state index is -3.70. The summed E-state index contributed by atoms with van der Waals surface area (Å²) in [4.78, 5) is 12.2. The van der Waals surface area contributed by atoms with Gasteiger partial charge in [-0.25, -0.2) is 8.42 Å². The number of benzene rings is 1. The van der Waals surface area contributed by atoms with Crippen LogP contribution in [0, 0.1) is 5.92 Å². The number of nitrogens with one attached hydrogen (secondary N) is 1. The zero-order valence-corrected chi connectivity index (χ0v) is 16.3. The first-order valence-electron chi connectivity index (χ1n) is 8.14. The Bertz CT molecular complexity index is 630. The zero-order chi connectivity index (χ0) is 18.3. The van der Waals surface area contributed by atoms with Crippen molar-refractivity contribution in [3.8, 4) is 0 Å². The normalized spacial score (nSPS) is 13.3. The highest BCUT2D eigenvalue weighted by molar-refractivity contribution is 7.89. The fourth-order valence-electron chi connectivity index (χ4n) is 2.30. The molecule has 5 nitrogen and oxygen atoms in total. The molecule has 0 aromatic heterocycles. The SMILES string of the molecule is CC(C)CCCC(C)NC(=O)CN(C)S(=O)(=O)c1ccc(Cl)cc1. The quantitative estimate of drug-likeness (QED) is 0.721. The average Bonchev–Trinajstić information content (AvgIpc) is 2.46. The van der Waals surface area contributed by atoms with Gasteiger partial charge in [-0.05, 0) is 43.5 Å². The highest BCUT2D eigenvalue weighted by Crippen LogP contribution is 2.17. The van der Waals surface area contributed by atoms with Crippen molar-refractivity contribution in [3.63, 3.8) is 0 Å². The molecule has 1 aromatic carbocycles. The summed E-state index contributed by atoms with van der Waals surface area (Å²) >= 11 is 5.77. The second-order valence-corrected chi connectivity index (χ2v) is 8.99. The number of hydrogen-bond acceptors (Lipinski definition) is 3. The Hall–Kier alpha value is -1.11. The molecule has 136 valence electrons. The van der Waals surface area contributed by atoms with Crippen LogP contribution in [-0.4, -0.2) is 38.3 Å². The van der Waals surface area contributed by atoms with Gasteiger partial charge in [-0.3, -0.25) is 4.79 Å². The molecule has 1 amide bonds. The van der Waals surface area contributed by atoms with Gasteiger partial charge in [-0.15, -0.1) is 0 Å². The summed E-state index contributed by atoms with van der Waals surface area (Å²) in [5, 5.41) is 3.31. The maximum absolute atomic E-state index is 12.4. The summed E-state index contributed by atoms with van der Waals surface area (Å²) in [5.41, 5.74) is 0. The van der Waals surface area contributed by atoms with Crippen molar-refractivity contribution >= 4 is 27.5 Å². The first kappa shape index (κ1) is 20.9. The number of halogens is 1. The van der Waals surface area contributed by atoms with Crippen LogP contribution in [0.25, 0.3) is 0 Å². The molecule has 0 spiro atoms. The number of nitrogens with zero attached hydrogens (tertiary/aromatic N) is 1. The third kappa shape index (κ3) is 6.79. The van der Waals surface area contributed by atoms with Crippen LogP contribution in [0.4, 0.5) is 0 Å². The summed E-state index contributed by atoms with van der Waals surface area (Å²) in [6, 6.07) is 5.92. The van der Waals surface area contributed by atoms with E-state index in [0.29, 0.717) is 10.9 Å². The lowest BCUT2D eigenvalue weighted by molar-refractivity contribution is -0.121. The Labute approximate surface area is 150 Å². The Kier molecular flexibility index (Phi) is 8.19. The first-order chi connectivity index (χ1) is 11.1. The van der Waals surface area contributed by atoms with Gasteiger partial charge in [0.25, 0.3) is 0 Å². The number of hydrogen-bond donors (Lipinski definition) is 1. The Morgan fingerprint density at radius 3 is 2.29 bits per heavy atom. The second-order valence-electron chi connectivity index (χ2n) is 6.51. The molecular formula is C17H27ClN2O3S. The smallest absolute Gasteiger partial charge is 0.243 e. The van der Waals surface area contributed by atoms with E-state index in [1.54, 1.807) is 0 Å². The van der Waals surface area contributed by atoms with E-state index >= 15 is 0 Å². The molecule has 0 heterocycles. The van der Waals surface area contributed by atoms with E-state index in [9.17, 15) is 13.2 Å². The molecule has 0 aliphatic rings. The molecule has 1 aromatic rings. The van der Waals surface area contributed by atoms with Gasteiger partial charge in [0.05, 0.1) is 11.4 Å². The fraction of sp³-hybridized carbons (Fsp3) is 0.588. The van der Waals surface area contributed by atoms with Gasteiger partial charge in [-0.2, -0.15) is 4.31 Å². The van der Waals surface area contributed by atoms with Gasteiger partial charge in [0.1, 0.15) is 0 Å². The van der Waals surface area contributed by atoms with Crippen molar-refractivity contribution < 1.29 is 13.2 Å².